The lowest BCUT2D eigenvalue weighted by molar-refractivity contribution is 0.0326. The normalized spacial score (nSPS) is 24.6. The fraction of sp³-hybridized carbons (Fsp3) is 1.00. The molecule has 1 atom stereocenters. The van der Waals surface area contributed by atoms with Crippen LogP contribution in [0.3, 0.4) is 0 Å². The zero-order valence-electron chi connectivity index (χ0n) is 11.5. The van der Waals surface area contributed by atoms with Gasteiger partial charge in [0.25, 0.3) is 0 Å². The lowest BCUT2D eigenvalue weighted by Crippen LogP contribution is -2.58. The van der Waals surface area contributed by atoms with E-state index in [1.54, 1.807) is 0 Å². The molecule has 1 heterocycles. The Morgan fingerprint density at radius 2 is 2.00 bits per heavy atom. The first-order chi connectivity index (χ1) is 7.45. The Bertz CT molecular complexity index is 203. The van der Waals surface area contributed by atoms with Crippen LogP contribution in [0.25, 0.3) is 0 Å². The van der Waals surface area contributed by atoms with E-state index in [1.165, 1.54) is 32.6 Å². The summed E-state index contributed by atoms with van der Waals surface area (Å²) < 4.78 is 0. The van der Waals surface area contributed by atoms with Crippen molar-refractivity contribution in [2.45, 2.75) is 39.2 Å². The minimum atomic E-state index is 0.325. The van der Waals surface area contributed by atoms with Crippen LogP contribution in [0.4, 0.5) is 0 Å². The van der Waals surface area contributed by atoms with E-state index in [0.29, 0.717) is 5.54 Å². The van der Waals surface area contributed by atoms with Crippen LogP contribution in [0.1, 0.15) is 33.6 Å². The number of likely N-dealkylation sites (N-methyl/N-ethyl adjacent to an activating group) is 1. The predicted octanol–water partition coefficient (Wildman–Crippen LogP) is 1.39. The Morgan fingerprint density at radius 1 is 1.31 bits per heavy atom. The first kappa shape index (κ1) is 13.9. The van der Waals surface area contributed by atoms with E-state index in [0.717, 1.165) is 18.9 Å². The summed E-state index contributed by atoms with van der Waals surface area (Å²) in [4.78, 5) is 5.08. The van der Waals surface area contributed by atoms with Crippen molar-refractivity contribution in [1.29, 1.82) is 0 Å². The van der Waals surface area contributed by atoms with Gasteiger partial charge < -0.3 is 5.73 Å². The van der Waals surface area contributed by atoms with Crippen molar-refractivity contribution in [3.05, 3.63) is 0 Å². The van der Waals surface area contributed by atoms with Gasteiger partial charge in [-0.15, -0.1) is 0 Å². The van der Waals surface area contributed by atoms with Gasteiger partial charge in [0.1, 0.15) is 0 Å². The third kappa shape index (κ3) is 4.04. The summed E-state index contributed by atoms with van der Waals surface area (Å²) in [5.74, 6) is 0.780. The molecule has 0 radical (unpaired) electrons. The van der Waals surface area contributed by atoms with E-state index in [9.17, 15) is 0 Å². The Hall–Kier alpha value is -0.120. The second-order valence-corrected chi connectivity index (χ2v) is 6.01. The van der Waals surface area contributed by atoms with Gasteiger partial charge in [-0.05, 0) is 46.2 Å². The maximum Gasteiger partial charge on any atom is 0.0277 e. The molecule has 0 aromatic carbocycles. The molecule has 0 spiro atoms. The van der Waals surface area contributed by atoms with Crippen molar-refractivity contribution in [1.82, 2.24) is 9.80 Å². The topological polar surface area (TPSA) is 32.5 Å². The summed E-state index contributed by atoms with van der Waals surface area (Å²) in [6.07, 6.45) is 2.43. The maximum atomic E-state index is 5.55. The molecule has 0 aliphatic carbocycles. The second kappa shape index (κ2) is 5.99. The van der Waals surface area contributed by atoms with Gasteiger partial charge in [-0.25, -0.2) is 0 Å². The molecule has 1 aliphatic rings. The van der Waals surface area contributed by atoms with Crippen LogP contribution in [-0.2, 0) is 0 Å². The van der Waals surface area contributed by atoms with Crippen LogP contribution in [-0.4, -0.2) is 55.1 Å². The Morgan fingerprint density at radius 3 is 2.56 bits per heavy atom. The van der Waals surface area contributed by atoms with Gasteiger partial charge in [0.2, 0.25) is 0 Å². The quantitative estimate of drug-likeness (QED) is 0.770. The van der Waals surface area contributed by atoms with Gasteiger partial charge in [0.15, 0.2) is 0 Å². The average Bonchev–Trinajstić information content (AvgIpc) is 2.20. The number of piperazine rings is 1. The highest BCUT2D eigenvalue weighted by Gasteiger charge is 2.31. The molecular weight excluding hydrogens is 198 g/mol. The van der Waals surface area contributed by atoms with E-state index in [2.05, 4.69) is 37.6 Å². The molecule has 3 nitrogen and oxygen atoms in total. The van der Waals surface area contributed by atoms with Gasteiger partial charge in [0.05, 0.1) is 0 Å². The van der Waals surface area contributed by atoms with E-state index in [-0.39, 0.29) is 0 Å². The minimum absolute atomic E-state index is 0.325. The molecule has 16 heavy (non-hydrogen) atoms. The predicted molar refractivity (Wildman–Crippen MR) is 70.6 cm³/mol. The van der Waals surface area contributed by atoms with Crippen LogP contribution in [0.5, 0.6) is 0 Å². The molecular formula is C13H29N3. The monoisotopic (exact) mass is 227 g/mol. The molecule has 0 aromatic rings. The molecule has 2 N–H and O–H groups in total. The number of nitrogens with two attached hydrogens (primary N) is 1. The molecule has 1 saturated heterocycles. The third-order valence-corrected chi connectivity index (χ3v) is 3.87. The maximum absolute atomic E-state index is 5.55. The van der Waals surface area contributed by atoms with Crippen molar-refractivity contribution in [3.63, 3.8) is 0 Å². The zero-order chi connectivity index (χ0) is 12.2. The Kier molecular flexibility index (Phi) is 5.22. The SMILES string of the molecule is CC(CCCN)CN1CCN(C)C(C)(C)C1. The van der Waals surface area contributed by atoms with E-state index >= 15 is 0 Å². The smallest absolute Gasteiger partial charge is 0.0277 e. The minimum Gasteiger partial charge on any atom is -0.330 e. The van der Waals surface area contributed by atoms with Crippen LogP contribution < -0.4 is 5.73 Å². The Labute approximate surface area is 101 Å². The standard InChI is InChI=1S/C13H29N3/c1-12(6-5-7-14)10-16-9-8-15(4)13(2,3)11-16/h12H,5-11,14H2,1-4H3. The summed E-state index contributed by atoms with van der Waals surface area (Å²) in [7, 11) is 2.23. The highest BCUT2D eigenvalue weighted by atomic mass is 15.3. The summed E-state index contributed by atoms with van der Waals surface area (Å²) in [5.41, 5.74) is 5.88. The van der Waals surface area contributed by atoms with Crippen LogP contribution >= 0.6 is 0 Å². The van der Waals surface area contributed by atoms with Gasteiger partial charge in [-0.3, -0.25) is 9.80 Å². The molecule has 1 aliphatic heterocycles. The average molecular weight is 227 g/mol. The molecule has 1 rings (SSSR count). The number of rotatable bonds is 5. The van der Waals surface area contributed by atoms with Crippen molar-refractivity contribution in [2.75, 3.05) is 39.8 Å². The zero-order valence-corrected chi connectivity index (χ0v) is 11.5. The molecule has 0 bridgehead atoms. The summed E-state index contributed by atoms with van der Waals surface area (Å²) in [6.45, 7) is 12.7. The summed E-state index contributed by atoms with van der Waals surface area (Å²) in [6, 6.07) is 0. The first-order valence-corrected chi connectivity index (χ1v) is 6.59. The fourth-order valence-corrected chi connectivity index (χ4v) is 2.50. The number of nitrogens with zero attached hydrogens (tertiary/aromatic N) is 2. The van der Waals surface area contributed by atoms with E-state index in [1.807, 2.05) is 0 Å². The molecule has 0 aromatic heterocycles. The highest BCUT2D eigenvalue weighted by molar-refractivity contribution is 4.88. The van der Waals surface area contributed by atoms with E-state index in [4.69, 9.17) is 5.73 Å². The molecule has 0 saturated carbocycles. The van der Waals surface area contributed by atoms with Crippen molar-refractivity contribution < 1.29 is 0 Å². The van der Waals surface area contributed by atoms with Crippen LogP contribution in [0.15, 0.2) is 0 Å². The molecule has 0 amide bonds. The molecule has 1 fully saturated rings. The lowest BCUT2D eigenvalue weighted by atomic mass is 9.97. The first-order valence-electron chi connectivity index (χ1n) is 6.59. The fourth-order valence-electron chi connectivity index (χ4n) is 2.50. The summed E-state index contributed by atoms with van der Waals surface area (Å²) in [5, 5.41) is 0. The second-order valence-electron chi connectivity index (χ2n) is 6.01. The number of hydrogen-bond acceptors (Lipinski definition) is 3. The van der Waals surface area contributed by atoms with E-state index < -0.39 is 0 Å². The number of hydrogen-bond donors (Lipinski definition) is 1. The molecule has 3 heteroatoms. The van der Waals surface area contributed by atoms with Crippen LogP contribution in [0, 0.1) is 5.92 Å². The van der Waals surface area contributed by atoms with Crippen molar-refractivity contribution >= 4 is 0 Å². The molecule has 1 unspecified atom stereocenters. The van der Waals surface area contributed by atoms with Gasteiger partial charge >= 0.3 is 0 Å². The van der Waals surface area contributed by atoms with Crippen molar-refractivity contribution in [3.8, 4) is 0 Å². The van der Waals surface area contributed by atoms with Gasteiger partial charge in [-0.1, -0.05) is 6.92 Å². The van der Waals surface area contributed by atoms with Crippen molar-refractivity contribution in [2.24, 2.45) is 11.7 Å². The third-order valence-electron chi connectivity index (χ3n) is 3.87. The van der Waals surface area contributed by atoms with Gasteiger partial charge in [0, 0.05) is 31.7 Å². The molecule has 96 valence electrons. The van der Waals surface area contributed by atoms with Crippen LogP contribution in [0.2, 0.25) is 0 Å². The highest BCUT2D eigenvalue weighted by Crippen LogP contribution is 2.20. The summed E-state index contributed by atoms with van der Waals surface area (Å²) >= 11 is 0. The Balaban J connectivity index is 2.33. The lowest BCUT2D eigenvalue weighted by Gasteiger charge is -2.46. The largest absolute Gasteiger partial charge is 0.330 e. The van der Waals surface area contributed by atoms with Gasteiger partial charge in [-0.2, -0.15) is 0 Å².